The van der Waals surface area contributed by atoms with Crippen LogP contribution in [0.2, 0.25) is 0 Å². The van der Waals surface area contributed by atoms with Crippen molar-refractivity contribution in [2.24, 2.45) is 71.0 Å². The lowest BCUT2D eigenvalue weighted by molar-refractivity contribution is -0.166. The molecular weight excluding hydrogens is 312 g/mol. The van der Waals surface area contributed by atoms with Crippen LogP contribution in [-0.2, 0) is 0 Å². The maximum atomic E-state index is 2.00. The van der Waals surface area contributed by atoms with E-state index in [-0.39, 0.29) is 0 Å². The van der Waals surface area contributed by atoms with Crippen molar-refractivity contribution < 1.29 is 0 Å². The quantitative estimate of drug-likeness (QED) is 0.432. The van der Waals surface area contributed by atoms with Crippen LogP contribution in [0.3, 0.4) is 0 Å². The first-order chi connectivity index (χ1) is 12.9. The van der Waals surface area contributed by atoms with Crippen molar-refractivity contribution in [3.63, 3.8) is 0 Å². The van der Waals surface area contributed by atoms with Gasteiger partial charge in [-0.1, -0.05) is 13.8 Å². The van der Waals surface area contributed by atoms with Crippen molar-refractivity contribution in [2.45, 2.75) is 90.9 Å². The average molecular weight is 355 g/mol. The second-order valence-corrected chi connectivity index (χ2v) is 11.5. The molecule has 7 aliphatic rings. The van der Waals surface area contributed by atoms with E-state index in [1.807, 2.05) is 13.8 Å². The van der Waals surface area contributed by atoms with Crippen molar-refractivity contribution >= 4 is 0 Å². The monoisotopic (exact) mass is 354 g/mol. The Morgan fingerprint density at radius 1 is 0.308 bits per heavy atom. The Bertz CT molecular complexity index is 444. The summed E-state index contributed by atoms with van der Waals surface area (Å²) in [4.78, 5) is 0. The Morgan fingerprint density at radius 2 is 0.538 bits per heavy atom. The second-order valence-electron chi connectivity index (χ2n) is 11.5. The lowest BCUT2D eigenvalue weighted by Gasteiger charge is -2.65. The summed E-state index contributed by atoms with van der Waals surface area (Å²) >= 11 is 0. The average Bonchev–Trinajstić information content (AvgIpc) is 3.32. The number of hydrogen-bond acceptors (Lipinski definition) is 0. The summed E-state index contributed by atoms with van der Waals surface area (Å²) in [6.45, 7) is 4.00. The normalized spacial score (nSPS) is 61.2. The van der Waals surface area contributed by atoms with E-state index in [9.17, 15) is 0 Å². The predicted molar refractivity (Wildman–Crippen MR) is 109 cm³/mol. The highest BCUT2D eigenvalue weighted by Gasteiger charge is 2.63. The summed E-state index contributed by atoms with van der Waals surface area (Å²) in [7, 11) is 0. The van der Waals surface area contributed by atoms with Crippen molar-refractivity contribution in [1.82, 2.24) is 0 Å². The van der Waals surface area contributed by atoms with Crippen LogP contribution < -0.4 is 0 Å². The molecule has 7 fully saturated rings. The predicted octanol–water partition coefficient (Wildman–Crippen LogP) is 7.18. The molecule has 0 aliphatic heterocycles. The van der Waals surface area contributed by atoms with Gasteiger partial charge in [-0.05, 0) is 148 Å². The molecular formula is C26H42. The molecule has 0 N–H and O–H groups in total. The molecule has 0 aromatic heterocycles. The smallest absolute Gasteiger partial charge is 0.0318 e. The molecule has 0 bridgehead atoms. The molecule has 146 valence electrons. The largest absolute Gasteiger partial charge is 0.0683 e. The zero-order chi connectivity index (χ0) is 17.4. The maximum absolute atomic E-state index is 2.00. The minimum absolute atomic E-state index is 1.18. The van der Waals surface area contributed by atoms with Crippen LogP contribution in [0, 0.1) is 71.0 Å². The summed E-state index contributed by atoms with van der Waals surface area (Å²) in [5.41, 5.74) is 0. The van der Waals surface area contributed by atoms with Gasteiger partial charge in [-0.3, -0.25) is 0 Å². The van der Waals surface area contributed by atoms with E-state index in [1.54, 1.807) is 77.0 Å². The third-order valence-corrected chi connectivity index (χ3v) is 11.4. The van der Waals surface area contributed by atoms with E-state index < -0.39 is 0 Å². The van der Waals surface area contributed by atoms with Crippen molar-refractivity contribution in [1.29, 1.82) is 0 Å². The van der Waals surface area contributed by atoms with Gasteiger partial charge in [0.25, 0.3) is 0 Å². The molecule has 0 heterocycles. The SMILES string of the molecule is C1CC2CCC3C4CCC5CCC6CCC(C7CCC1C2C73)C4C65.CC. The van der Waals surface area contributed by atoms with Crippen molar-refractivity contribution in [2.75, 3.05) is 0 Å². The van der Waals surface area contributed by atoms with E-state index in [1.165, 1.54) is 71.0 Å². The van der Waals surface area contributed by atoms with Gasteiger partial charge in [0.2, 0.25) is 0 Å². The molecule has 8 atom stereocenters. The Balaban J connectivity index is 0.000000666. The molecule has 26 heavy (non-hydrogen) atoms. The van der Waals surface area contributed by atoms with Gasteiger partial charge in [0, 0.05) is 0 Å². The zero-order valence-corrected chi connectivity index (χ0v) is 17.4. The van der Waals surface area contributed by atoms with Gasteiger partial charge in [-0.25, -0.2) is 0 Å². The van der Waals surface area contributed by atoms with Gasteiger partial charge in [-0.15, -0.1) is 0 Å². The fraction of sp³-hybridized carbons (Fsp3) is 1.00. The van der Waals surface area contributed by atoms with Crippen LogP contribution in [0.5, 0.6) is 0 Å². The van der Waals surface area contributed by atoms with E-state index in [0.717, 1.165) is 0 Å². The third kappa shape index (κ3) is 2.09. The second kappa shape index (κ2) is 6.25. The summed E-state index contributed by atoms with van der Waals surface area (Å²) < 4.78 is 0. The van der Waals surface area contributed by atoms with Gasteiger partial charge in [-0.2, -0.15) is 0 Å². The summed E-state index contributed by atoms with van der Waals surface area (Å²) in [5.74, 6) is 14.3. The minimum atomic E-state index is 1.18. The van der Waals surface area contributed by atoms with E-state index >= 15 is 0 Å². The minimum Gasteiger partial charge on any atom is -0.0683 e. The highest BCUT2D eigenvalue weighted by Crippen LogP contribution is 2.71. The molecule has 7 aliphatic carbocycles. The molecule has 0 nitrogen and oxygen atoms in total. The zero-order valence-electron chi connectivity index (χ0n) is 17.4. The van der Waals surface area contributed by atoms with Crippen LogP contribution in [-0.4, -0.2) is 0 Å². The number of fused-ring (bicyclic) bond motifs is 2. The highest BCUT2D eigenvalue weighted by molar-refractivity contribution is 5.12. The molecule has 0 radical (unpaired) electrons. The summed E-state index contributed by atoms with van der Waals surface area (Å²) in [5, 5.41) is 0. The van der Waals surface area contributed by atoms with Gasteiger partial charge in [0.15, 0.2) is 0 Å². The maximum Gasteiger partial charge on any atom is -0.0318 e. The van der Waals surface area contributed by atoms with E-state index in [2.05, 4.69) is 0 Å². The van der Waals surface area contributed by atoms with Crippen molar-refractivity contribution in [3.8, 4) is 0 Å². The van der Waals surface area contributed by atoms with Gasteiger partial charge in [0.1, 0.15) is 0 Å². The Labute approximate surface area is 162 Å². The van der Waals surface area contributed by atoms with Crippen molar-refractivity contribution in [3.05, 3.63) is 0 Å². The van der Waals surface area contributed by atoms with E-state index in [0.29, 0.717) is 0 Å². The number of hydrogen-bond donors (Lipinski definition) is 0. The molecule has 0 amide bonds. The van der Waals surface area contributed by atoms with Crippen LogP contribution in [0.4, 0.5) is 0 Å². The molecule has 7 saturated carbocycles. The standard InChI is InChI=1S/C24H36.C2H6/c1-2-14-6-10-18-20-12-8-16-4-3-15-7-11-19(24(20)22(15)16)17-9-5-13(1)21(14)23(17)18;1-2/h13-24H,1-12H2;1-2H3. The Hall–Kier alpha value is 0. The van der Waals surface area contributed by atoms with Crippen LogP contribution in [0.25, 0.3) is 0 Å². The molecule has 8 unspecified atom stereocenters. The lowest BCUT2D eigenvalue weighted by atomic mass is 9.40. The van der Waals surface area contributed by atoms with Crippen LogP contribution >= 0.6 is 0 Å². The van der Waals surface area contributed by atoms with Gasteiger partial charge >= 0.3 is 0 Å². The number of rotatable bonds is 0. The third-order valence-electron chi connectivity index (χ3n) is 11.4. The van der Waals surface area contributed by atoms with Crippen LogP contribution in [0.1, 0.15) is 90.9 Å². The Kier molecular flexibility index (Phi) is 4.06. The first-order valence-electron chi connectivity index (χ1n) is 12.9. The van der Waals surface area contributed by atoms with Crippen LogP contribution in [0.15, 0.2) is 0 Å². The molecule has 7 rings (SSSR count). The molecule has 0 aromatic carbocycles. The lowest BCUT2D eigenvalue weighted by Crippen LogP contribution is -2.59. The first kappa shape index (κ1) is 16.9. The molecule has 0 heteroatoms. The summed E-state index contributed by atoms with van der Waals surface area (Å²) in [6, 6.07) is 0. The van der Waals surface area contributed by atoms with Gasteiger partial charge < -0.3 is 0 Å². The molecule has 0 spiro atoms. The fourth-order valence-electron chi connectivity index (χ4n) is 11.2. The first-order valence-corrected chi connectivity index (χ1v) is 12.9. The molecule has 0 saturated heterocycles. The molecule has 0 aromatic rings. The highest BCUT2D eigenvalue weighted by atomic mass is 14.7. The van der Waals surface area contributed by atoms with E-state index in [4.69, 9.17) is 0 Å². The fourth-order valence-corrected chi connectivity index (χ4v) is 11.2. The summed E-state index contributed by atoms with van der Waals surface area (Å²) in [6.07, 6.45) is 19.7. The Morgan fingerprint density at radius 3 is 0.808 bits per heavy atom. The topological polar surface area (TPSA) is 0 Å². The van der Waals surface area contributed by atoms with Gasteiger partial charge in [0.05, 0.1) is 0 Å².